The van der Waals surface area contributed by atoms with Crippen LogP contribution in [0.5, 0.6) is 0 Å². The van der Waals surface area contributed by atoms with Crippen LogP contribution in [0.3, 0.4) is 0 Å². The van der Waals surface area contributed by atoms with Gasteiger partial charge in [-0.05, 0) is 24.1 Å². The van der Waals surface area contributed by atoms with Gasteiger partial charge < -0.3 is 12.3 Å². The molecule has 0 N–H and O–H groups in total. The maximum atomic E-state index is 12.2. The predicted octanol–water partition coefficient (Wildman–Crippen LogP) is -1.77. The summed E-state index contributed by atoms with van der Waals surface area (Å²) in [7, 11) is 0. The molecule has 0 heterocycles. The zero-order valence-electron chi connectivity index (χ0n) is 17.2. The maximum absolute atomic E-state index is 12.2. The average molecular weight is 360 g/mol. The first kappa shape index (κ1) is 24.4. The fourth-order valence-electron chi connectivity index (χ4n) is 2.03. The van der Waals surface area contributed by atoms with E-state index < -0.39 is 11.9 Å². The Hall–Kier alpha value is -0.620. The zero-order valence-corrected chi connectivity index (χ0v) is 19.2. The Morgan fingerprint density at radius 2 is 1.36 bits per heavy atom. The number of carbonyl (C=O) groups is 2. The summed E-state index contributed by atoms with van der Waals surface area (Å²) < 4.78 is 10.5. The molecule has 0 aromatic heterocycles. The van der Waals surface area contributed by atoms with Gasteiger partial charge in [-0.3, -0.25) is 0 Å². The van der Waals surface area contributed by atoms with Gasteiger partial charge in [-0.2, -0.15) is 0 Å². The summed E-state index contributed by atoms with van der Waals surface area (Å²) in [6.07, 6.45) is 1.74. The molecule has 0 aliphatic carbocycles. The van der Waals surface area contributed by atoms with Crippen LogP contribution in [0.15, 0.2) is 54.6 Å². The minimum atomic E-state index is -0.531. The Labute approximate surface area is 195 Å². The van der Waals surface area contributed by atoms with Crippen molar-refractivity contribution in [3.8, 4) is 0 Å². The molecule has 2 rings (SSSR count). The van der Waals surface area contributed by atoms with Crippen molar-refractivity contribution < 1.29 is 81.0 Å². The SMILES string of the molecule is CCCCOC(=O)c1ccccc1C(=O)OCc1ccccc1.[H-].[H-].[Na+].[Na+]. The van der Waals surface area contributed by atoms with Crippen molar-refractivity contribution in [2.75, 3.05) is 6.61 Å². The molecule has 0 saturated heterocycles. The molecule has 0 aliphatic rings. The van der Waals surface area contributed by atoms with E-state index in [1.54, 1.807) is 24.3 Å². The third-order valence-corrected chi connectivity index (χ3v) is 3.31. The minimum absolute atomic E-state index is 0. The van der Waals surface area contributed by atoms with Crippen molar-refractivity contribution in [3.05, 3.63) is 71.3 Å². The average Bonchev–Trinajstić information content (AvgIpc) is 2.60. The van der Waals surface area contributed by atoms with Crippen LogP contribution in [0.25, 0.3) is 0 Å². The Balaban J connectivity index is -0.00000144. The molecule has 6 heteroatoms. The van der Waals surface area contributed by atoms with E-state index in [0.29, 0.717) is 6.61 Å². The fraction of sp³-hybridized carbons (Fsp3) is 0.263. The number of benzene rings is 2. The van der Waals surface area contributed by atoms with E-state index in [4.69, 9.17) is 9.47 Å². The standard InChI is InChI=1S/C19H20O4.2Na.2H/c1-2-3-13-22-18(20)16-11-7-8-12-17(16)19(21)23-14-15-9-5-4-6-10-15;;;;/h4-12H,2-3,13-14H2,1H3;;;;/q;2*+1;2*-1. The van der Waals surface area contributed by atoms with Crippen LogP contribution in [0.2, 0.25) is 0 Å². The second kappa shape index (κ2) is 13.6. The van der Waals surface area contributed by atoms with Crippen molar-refractivity contribution in [2.24, 2.45) is 0 Å². The molecule has 124 valence electrons. The van der Waals surface area contributed by atoms with Gasteiger partial charge in [-0.1, -0.05) is 55.8 Å². The molecule has 0 amide bonds. The van der Waals surface area contributed by atoms with E-state index in [1.807, 2.05) is 37.3 Å². The molecule has 0 fully saturated rings. The summed E-state index contributed by atoms with van der Waals surface area (Å²) in [5.74, 6) is -1.03. The molecule has 0 unspecified atom stereocenters. The van der Waals surface area contributed by atoms with Gasteiger partial charge >= 0.3 is 71.1 Å². The number of esters is 2. The molecule has 4 nitrogen and oxygen atoms in total. The molecule has 2 aromatic rings. The molecule has 0 atom stereocenters. The van der Waals surface area contributed by atoms with Gasteiger partial charge in [0.05, 0.1) is 17.7 Å². The smallest absolute Gasteiger partial charge is 1.00 e. The van der Waals surface area contributed by atoms with Gasteiger partial charge in [0.15, 0.2) is 0 Å². The zero-order chi connectivity index (χ0) is 16.5. The summed E-state index contributed by atoms with van der Waals surface area (Å²) in [5, 5.41) is 0. The second-order valence-corrected chi connectivity index (χ2v) is 5.10. The topological polar surface area (TPSA) is 52.6 Å². The molecule has 0 bridgehead atoms. The van der Waals surface area contributed by atoms with Crippen LogP contribution < -0.4 is 59.1 Å². The monoisotopic (exact) mass is 360 g/mol. The summed E-state index contributed by atoms with van der Waals surface area (Å²) in [4.78, 5) is 24.3. The normalized spacial score (nSPS) is 9.32. The van der Waals surface area contributed by atoms with Gasteiger partial charge in [0.1, 0.15) is 6.61 Å². The van der Waals surface area contributed by atoms with Crippen molar-refractivity contribution in [2.45, 2.75) is 26.4 Å². The van der Waals surface area contributed by atoms with E-state index in [1.165, 1.54) is 0 Å². The summed E-state index contributed by atoms with van der Waals surface area (Å²) in [5.41, 5.74) is 1.36. The Morgan fingerprint density at radius 1 is 0.840 bits per heavy atom. The Kier molecular flexibility index (Phi) is 13.2. The number of rotatable bonds is 7. The number of hydrogen-bond acceptors (Lipinski definition) is 4. The first-order valence-electron chi connectivity index (χ1n) is 7.69. The number of ether oxygens (including phenoxy) is 2. The van der Waals surface area contributed by atoms with E-state index in [0.717, 1.165) is 18.4 Å². The van der Waals surface area contributed by atoms with E-state index in [2.05, 4.69) is 0 Å². The van der Waals surface area contributed by atoms with E-state index >= 15 is 0 Å². The Bertz CT molecular complexity index is 670. The second-order valence-electron chi connectivity index (χ2n) is 5.10. The number of unbranched alkanes of at least 4 members (excludes halogenated alkanes) is 1. The number of carbonyl (C=O) groups excluding carboxylic acids is 2. The van der Waals surface area contributed by atoms with E-state index in [9.17, 15) is 9.59 Å². The van der Waals surface area contributed by atoms with Crippen LogP contribution >= 0.6 is 0 Å². The molecule has 0 saturated carbocycles. The van der Waals surface area contributed by atoms with Gasteiger partial charge in [0.25, 0.3) is 0 Å². The van der Waals surface area contributed by atoms with Crippen molar-refractivity contribution in [1.29, 1.82) is 0 Å². The van der Waals surface area contributed by atoms with Crippen molar-refractivity contribution in [3.63, 3.8) is 0 Å². The van der Waals surface area contributed by atoms with E-state index in [-0.39, 0.29) is 79.7 Å². The van der Waals surface area contributed by atoms with Crippen LogP contribution in [0, 0.1) is 0 Å². The molecule has 25 heavy (non-hydrogen) atoms. The van der Waals surface area contributed by atoms with Crippen LogP contribution in [0.1, 0.15) is 48.9 Å². The summed E-state index contributed by atoms with van der Waals surface area (Å²) in [6, 6.07) is 15.9. The van der Waals surface area contributed by atoms with Gasteiger partial charge in [-0.25, -0.2) is 9.59 Å². The first-order valence-corrected chi connectivity index (χ1v) is 7.69. The third kappa shape index (κ3) is 8.07. The van der Waals surface area contributed by atoms with Crippen molar-refractivity contribution in [1.82, 2.24) is 0 Å². The first-order chi connectivity index (χ1) is 11.2. The molecular formula is C19H22Na2O4. The minimum Gasteiger partial charge on any atom is -1.00 e. The predicted molar refractivity (Wildman–Crippen MR) is 89.4 cm³/mol. The molecule has 2 aromatic carbocycles. The van der Waals surface area contributed by atoms with Crippen LogP contribution in [-0.2, 0) is 16.1 Å². The molecular weight excluding hydrogens is 338 g/mol. The number of hydrogen-bond donors (Lipinski definition) is 0. The molecule has 0 spiro atoms. The summed E-state index contributed by atoms with van der Waals surface area (Å²) >= 11 is 0. The van der Waals surface area contributed by atoms with Gasteiger partial charge in [-0.15, -0.1) is 0 Å². The van der Waals surface area contributed by atoms with Gasteiger partial charge in [0, 0.05) is 0 Å². The maximum Gasteiger partial charge on any atom is 1.00 e. The van der Waals surface area contributed by atoms with Crippen LogP contribution in [0.4, 0.5) is 0 Å². The van der Waals surface area contributed by atoms with Gasteiger partial charge in [0.2, 0.25) is 0 Å². The van der Waals surface area contributed by atoms with Crippen molar-refractivity contribution >= 4 is 11.9 Å². The molecule has 0 aliphatic heterocycles. The largest absolute Gasteiger partial charge is 1.00 e. The Morgan fingerprint density at radius 3 is 1.92 bits per heavy atom. The summed E-state index contributed by atoms with van der Waals surface area (Å²) in [6.45, 7) is 2.53. The fourth-order valence-corrected chi connectivity index (χ4v) is 2.03. The third-order valence-electron chi connectivity index (χ3n) is 3.31. The quantitative estimate of drug-likeness (QED) is 0.333. The van der Waals surface area contributed by atoms with Crippen LogP contribution in [-0.4, -0.2) is 18.5 Å². The molecule has 0 radical (unpaired) electrons.